The molecule has 0 radical (unpaired) electrons. The minimum absolute atomic E-state index is 0.139. The molecule has 0 saturated carbocycles. The van der Waals surface area contributed by atoms with Crippen molar-refractivity contribution in [3.63, 3.8) is 0 Å². The smallest absolute Gasteiger partial charge is 0.293 e. The fraction of sp³-hybridized carbons (Fsp3) is 0.118. The number of phenols is 1. The minimum Gasteiger partial charge on any atom is -0.508 e. The van der Waals surface area contributed by atoms with E-state index in [1.165, 1.54) is 0 Å². The second-order valence-corrected chi connectivity index (χ2v) is 4.76. The number of benzene rings is 2. The fourth-order valence-corrected chi connectivity index (χ4v) is 2.49. The first-order chi connectivity index (χ1) is 10.3. The van der Waals surface area contributed by atoms with Gasteiger partial charge in [-0.3, -0.25) is 4.79 Å². The van der Waals surface area contributed by atoms with Crippen molar-refractivity contribution in [3.05, 3.63) is 65.9 Å². The van der Waals surface area contributed by atoms with Gasteiger partial charge in [-0.15, -0.1) is 0 Å². The van der Waals surface area contributed by atoms with Crippen molar-refractivity contribution in [2.45, 2.75) is 5.92 Å². The highest BCUT2D eigenvalue weighted by Gasteiger charge is 2.20. The Balaban J connectivity index is 2.09. The molecular formula is C17H14O4. The van der Waals surface area contributed by atoms with Crippen molar-refractivity contribution in [1.82, 2.24) is 0 Å². The highest BCUT2D eigenvalue weighted by molar-refractivity contribution is 5.83. The van der Waals surface area contributed by atoms with E-state index in [1.807, 2.05) is 30.3 Å². The van der Waals surface area contributed by atoms with Gasteiger partial charge in [0.25, 0.3) is 6.47 Å². The zero-order valence-electron chi connectivity index (χ0n) is 11.2. The molecule has 1 atom stereocenters. The summed E-state index contributed by atoms with van der Waals surface area (Å²) in [7, 11) is 0. The molecule has 0 aliphatic rings. The van der Waals surface area contributed by atoms with Crippen LogP contribution in [0.4, 0.5) is 0 Å². The average Bonchev–Trinajstić information content (AvgIpc) is 2.92. The third-order valence-corrected chi connectivity index (χ3v) is 3.50. The van der Waals surface area contributed by atoms with E-state index >= 15 is 0 Å². The molecule has 3 aromatic rings. The average molecular weight is 282 g/mol. The zero-order chi connectivity index (χ0) is 14.7. The van der Waals surface area contributed by atoms with E-state index in [0.29, 0.717) is 12.1 Å². The Morgan fingerprint density at radius 2 is 2.00 bits per heavy atom. The second-order valence-electron chi connectivity index (χ2n) is 4.76. The Bertz CT molecular complexity index is 746. The van der Waals surface area contributed by atoms with E-state index in [2.05, 4.69) is 0 Å². The molecule has 1 heterocycles. The molecule has 3 rings (SSSR count). The summed E-state index contributed by atoms with van der Waals surface area (Å²) in [6.45, 7) is 0.660. The van der Waals surface area contributed by atoms with Crippen LogP contribution in [0.15, 0.2) is 59.2 Å². The van der Waals surface area contributed by atoms with Gasteiger partial charge in [0.15, 0.2) is 0 Å². The number of rotatable bonds is 5. The normalized spacial score (nSPS) is 12.2. The molecule has 1 unspecified atom stereocenters. The SMILES string of the molecule is O=COCC(c1ccccc1)c1coc2ccc(O)cc12. The Labute approximate surface area is 121 Å². The molecule has 0 fully saturated rings. The zero-order valence-corrected chi connectivity index (χ0v) is 11.2. The maximum Gasteiger partial charge on any atom is 0.293 e. The van der Waals surface area contributed by atoms with Gasteiger partial charge in [-0.1, -0.05) is 30.3 Å². The van der Waals surface area contributed by atoms with Gasteiger partial charge in [-0.05, 0) is 23.8 Å². The van der Waals surface area contributed by atoms with Gasteiger partial charge < -0.3 is 14.3 Å². The van der Waals surface area contributed by atoms with E-state index in [-0.39, 0.29) is 18.3 Å². The van der Waals surface area contributed by atoms with E-state index in [4.69, 9.17) is 9.15 Å². The first-order valence-corrected chi connectivity index (χ1v) is 6.60. The van der Waals surface area contributed by atoms with Crippen LogP contribution in [0.25, 0.3) is 11.0 Å². The van der Waals surface area contributed by atoms with E-state index in [0.717, 1.165) is 16.5 Å². The molecule has 21 heavy (non-hydrogen) atoms. The monoisotopic (exact) mass is 282 g/mol. The summed E-state index contributed by atoms with van der Waals surface area (Å²) in [5.74, 6) is 0.0349. The Morgan fingerprint density at radius 3 is 2.76 bits per heavy atom. The molecule has 1 aromatic heterocycles. The summed E-state index contributed by atoms with van der Waals surface area (Å²) in [6.07, 6.45) is 1.65. The number of carbonyl (C=O) groups is 1. The standard InChI is InChI=1S/C17H14O4/c18-11-20-9-15(12-4-2-1-3-5-12)16-10-21-17-7-6-13(19)8-14(16)17/h1-8,10-11,15,19H,9H2. The third-order valence-electron chi connectivity index (χ3n) is 3.50. The lowest BCUT2D eigenvalue weighted by molar-refractivity contribution is -0.128. The fourth-order valence-electron chi connectivity index (χ4n) is 2.49. The highest BCUT2D eigenvalue weighted by Crippen LogP contribution is 2.34. The number of phenolic OH excluding ortho intramolecular Hbond substituents is 1. The van der Waals surface area contributed by atoms with Gasteiger partial charge in [0.05, 0.1) is 6.26 Å². The van der Waals surface area contributed by atoms with Crippen LogP contribution in [0.5, 0.6) is 5.75 Å². The summed E-state index contributed by atoms with van der Waals surface area (Å²) in [5, 5.41) is 10.5. The van der Waals surface area contributed by atoms with Crippen molar-refractivity contribution < 1.29 is 19.1 Å². The van der Waals surface area contributed by atoms with Crippen LogP contribution in [0.1, 0.15) is 17.0 Å². The lowest BCUT2D eigenvalue weighted by atomic mass is 9.92. The molecule has 1 N–H and O–H groups in total. The van der Waals surface area contributed by atoms with E-state index < -0.39 is 0 Å². The molecule has 4 heteroatoms. The lowest BCUT2D eigenvalue weighted by Crippen LogP contribution is -2.08. The van der Waals surface area contributed by atoms with Crippen LogP contribution in [0, 0.1) is 0 Å². The number of hydrogen-bond acceptors (Lipinski definition) is 4. The molecule has 106 valence electrons. The van der Waals surface area contributed by atoms with Gasteiger partial charge in [0, 0.05) is 16.9 Å². The van der Waals surface area contributed by atoms with Gasteiger partial charge in [-0.25, -0.2) is 0 Å². The van der Waals surface area contributed by atoms with E-state index in [9.17, 15) is 9.90 Å². The van der Waals surface area contributed by atoms with Gasteiger partial charge in [0.2, 0.25) is 0 Å². The van der Waals surface area contributed by atoms with Crippen LogP contribution in [0.3, 0.4) is 0 Å². The Kier molecular flexibility index (Phi) is 3.60. The number of fused-ring (bicyclic) bond motifs is 1. The molecule has 0 spiro atoms. The summed E-state index contributed by atoms with van der Waals surface area (Å²) < 4.78 is 10.5. The quantitative estimate of drug-likeness (QED) is 0.728. The van der Waals surface area contributed by atoms with Crippen molar-refractivity contribution in [2.75, 3.05) is 6.61 Å². The first kappa shape index (κ1) is 13.2. The maximum absolute atomic E-state index is 10.5. The number of aromatic hydroxyl groups is 1. The Hall–Kier alpha value is -2.75. The van der Waals surface area contributed by atoms with Gasteiger partial charge >= 0.3 is 0 Å². The molecule has 4 nitrogen and oxygen atoms in total. The first-order valence-electron chi connectivity index (χ1n) is 6.60. The number of hydrogen-bond donors (Lipinski definition) is 1. The number of ether oxygens (including phenoxy) is 1. The molecule has 0 bridgehead atoms. The predicted octanol–water partition coefficient (Wildman–Crippen LogP) is 3.44. The van der Waals surface area contributed by atoms with Gasteiger partial charge in [0.1, 0.15) is 17.9 Å². The van der Waals surface area contributed by atoms with Gasteiger partial charge in [-0.2, -0.15) is 0 Å². The highest BCUT2D eigenvalue weighted by atomic mass is 16.5. The van der Waals surface area contributed by atoms with Crippen molar-refractivity contribution in [1.29, 1.82) is 0 Å². The van der Waals surface area contributed by atoms with Crippen molar-refractivity contribution >= 4 is 17.4 Å². The molecular weight excluding hydrogens is 268 g/mol. The van der Waals surface area contributed by atoms with Crippen LogP contribution >= 0.6 is 0 Å². The van der Waals surface area contributed by atoms with Crippen LogP contribution in [0.2, 0.25) is 0 Å². The summed E-state index contributed by atoms with van der Waals surface area (Å²) in [4.78, 5) is 10.5. The summed E-state index contributed by atoms with van der Waals surface area (Å²) in [6, 6.07) is 14.7. The molecule has 0 saturated heterocycles. The third kappa shape index (κ3) is 2.60. The molecule has 0 aliphatic heterocycles. The number of carbonyl (C=O) groups excluding carboxylic acids is 1. The molecule has 0 aliphatic carbocycles. The second kappa shape index (κ2) is 5.71. The molecule has 0 amide bonds. The maximum atomic E-state index is 10.5. The minimum atomic E-state index is -0.139. The number of furan rings is 1. The van der Waals surface area contributed by atoms with Crippen LogP contribution < -0.4 is 0 Å². The van der Waals surface area contributed by atoms with Crippen molar-refractivity contribution in [3.8, 4) is 5.75 Å². The topological polar surface area (TPSA) is 59.7 Å². The van der Waals surface area contributed by atoms with Crippen LogP contribution in [-0.4, -0.2) is 18.2 Å². The van der Waals surface area contributed by atoms with E-state index in [1.54, 1.807) is 24.5 Å². The summed E-state index contributed by atoms with van der Waals surface area (Å²) >= 11 is 0. The summed E-state index contributed by atoms with van der Waals surface area (Å²) in [5.41, 5.74) is 2.59. The predicted molar refractivity (Wildman–Crippen MR) is 78.2 cm³/mol. The van der Waals surface area contributed by atoms with Crippen molar-refractivity contribution in [2.24, 2.45) is 0 Å². The largest absolute Gasteiger partial charge is 0.508 e. The lowest BCUT2D eigenvalue weighted by Gasteiger charge is -2.15. The molecule has 2 aromatic carbocycles. The Morgan fingerprint density at radius 1 is 1.19 bits per heavy atom. The van der Waals surface area contributed by atoms with Crippen LogP contribution in [-0.2, 0) is 9.53 Å².